The number of benzene rings is 5. The molecule has 7 rings (SSSR count). The maximum Gasteiger partial charge on any atom is 0.233 e. The molecule has 4 N–H and O–H groups in total. The molecule has 0 spiro atoms. The summed E-state index contributed by atoms with van der Waals surface area (Å²) in [4.78, 5) is 30.6. The lowest BCUT2D eigenvalue weighted by atomic mass is 9.69. The van der Waals surface area contributed by atoms with Gasteiger partial charge in [0.2, 0.25) is 11.8 Å². The maximum atomic E-state index is 14.1. The molecule has 0 aromatic heterocycles. The number of amides is 2. The van der Waals surface area contributed by atoms with Crippen molar-refractivity contribution >= 4 is 38.7 Å². The second-order valence-electron chi connectivity index (χ2n) is 19.6. The molecule has 2 amide bonds. The number of unbranched alkanes of at least 4 members (excludes halogenated alkanes) is 5. The number of sulfone groups is 1. The smallest absolute Gasteiger partial charge is 0.233 e. The molecule has 6 unspecified atom stereocenters. The molecule has 6 atom stereocenters. The van der Waals surface area contributed by atoms with Crippen LogP contribution < -0.4 is 20.4 Å². The molecule has 10 nitrogen and oxygen atoms in total. The summed E-state index contributed by atoms with van der Waals surface area (Å²) in [7, 11) is 0.112. The van der Waals surface area contributed by atoms with E-state index in [2.05, 4.69) is 29.7 Å². The quantitative estimate of drug-likeness (QED) is 0.0375. The highest BCUT2D eigenvalue weighted by molar-refractivity contribution is 7.91. The zero-order valence-corrected chi connectivity index (χ0v) is 41.9. The van der Waals surface area contributed by atoms with Gasteiger partial charge in [0, 0.05) is 55.5 Å². The fourth-order valence-corrected chi connectivity index (χ4v) is 12.7. The van der Waals surface area contributed by atoms with Gasteiger partial charge in [0.1, 0.15) is 11.6 Å². The predicted octanol–water partition coefficient (Wildman–Crippen LogP) is 11.2. The predicted molar refractivity (Wildman–Crippen MR) is 275 cm³/mol. The zero-order chi connectivity index (χ0) is 50.0. The number of anilines is 3. The van der Waals surface area contributed by atoms with Crippen LogP contribution in [0.3, 0.4) is 0 Å². The first-order chi connectivity index (χ1) is 33.6. The highest BCUT2D eigenvalue weighted by atomic mass is 32.2. The summed E-state index contributed by atoms with van der Waals surface area (Å²) in [5.74, 6) is -2.02. The number of aliphatic hydroxyl groups excluding tert-OH is 2. The van der Waals surface area contributed by atoms with Gasteiger partial charge in [-0.2, -0.15) is 0 Å². The van der Waals surface area contributed by atoms with Crippen molar-refractivity contribution in [1.29, 1.82) is 0 Å². The number of hydrogen-bond acceptors (Lipinski definition) is 8. The first kappa shape index (κ1) is 52.4. The van der Waals surface area contributed by atoms with E-state index in [1.54, 1.807) is 35.2 Å². The van der Waals surface area contributed by atoms with Crippen LogP contribution in [0, 0.1) is 23.0 Å². The van der Waals surface area contributed by atoms with Gasteiger partial charge in [0.15, 0.2) is 9.84 Å². The van der Waals surface area contributed by atoms with E-state index >= 15 is 0 Å². The molecule has 374 valence electrons. The number of aliphatic hydroxyl groups is 2. The summed E-state index contributed by atoms with van der Waals surface area (Å²) in [6, 6.07) is 32.5. The molecule has 2 aliphatic heterocycles. The average Bonchev–Trinajstić information content (AvgIpc) is 3.42. The van der Waals surface area contributed by atoms with Crippen molar-refractivity contribution < 1.29 is 37.0 Å². The van der Waals surface area contributed by atoms with Crippen molar-refractivity contribution in [1.82, 2.24) is 5.32 Å². The number of carbonyl (C=O) groups excluding carboxylic acids is 2. The SMILES string of the molecule is CCCCC1(CC)CS(=O)(=O)c2ccc(N(C)C)cc2C(c2cccc(NC(=O)CCCCCCCNCc3ccc(C4C(CCC(O)c5ccc(F)cc5)C(=O)N4c4ccc(F)cc4)cc3)c2)C1O. The summed E-state index contributed by atoms with van der Waals surface area (Å²) in [6.45, 7) is 5.57. The Morgan fingerprint density at radius 2 is 1.53 bits per heavy atom. The van der Waals surface area contributed by atoms with E-state index in [-0.39, 0.29) is 46.1 Å². The summed E-state index contributed by atoms with van der Waals surface area (Å²) in [5, 5.41) is 29.8. The fourth-order valence-electron chi connectivity index (χ4n) is 10.5. The summed E-state index contributed by atoms with van der Waals surface area (Å²) >= 11 is 0. The molecule has 2 heterocycles. The lowest BCUT2D eigenvalue weighted by Gasteiger charge is -2.48. The average molecular weight is 977 g/mol. The topological polar surface area (TPSA) is 139 Å². The Balaban J connectivity index is 0.870. The van der Waals surface area contributed by atoms with Crippen molar-refractivity contribution in [2.75, 3.05) is 41.5 Å². The van der Waals surface area contributed by atoms with Crippen molar-refractivity contribution in [2.24, 2.45) is 11.3 Å². The van der Waals surface area contributed by atoms with Gasteiger partial charge in [0.25, 0.3) is 0 Å². The van der Waals surface area contributed by atoms with E-state index in [0.29, 0.717) is 61.2 Å². The monoisotopic (exact) mass is 976 g/mol. The highest BCUT2D eigenvalue weighted by Gasteiger charge is 2.50. The highest BCUT2D eigenvalue weighted by Crippen LogP contribution is 2.50. The molecule has 0 saturated carbocycles. The standard InChI is InChI=1S/C57H70F2N4O6S/c1-5-7-33-57(6-2)38-70(68,69)51-32-29-47(62(3)4)36-49(51)53(55(57)66)42-14-13-15-45(35-42)61-52(65)16-11-9-8-10-12-34-60-37-39-17-19-41(20-18-39)54-48(30-31-50(64)40-21-23-43(58)24-22-40)56(67)63(54)46-27-25-44(59)26-28-46/h13-15,17-29,32,35-36,48,50,53-55,60,64,66H,5-12,16,30-31,33-34,37-38H2,1-4H3,(H,61,65). The maximum absolute atomic E-state index is 14.1. The van der Waals surface area contributed by atoms with Crippen LogP contribution in [0.15, 0.2) is 120 Å². The van der Waals surface area contributed by atoms with Gasteiger partial charge in [-0.15, -0.1) is 0 Å². The zero-order valence-electron chi connectivity index (χ0n) is 41.0. The van der Waals surface area contributed by atoms with Crippen LogP contribution in [-0.2, 0) is 26.0 Å². The van der Waals surface area contributed by atoms with E-state index in [1.807, 2.05) is 74.4 Å². The van der Waals surface area contributed by atoms with Crippen molar-refractivity contribution in [3.05, 3.63) is 155 Å². The minimum Gasteiger partial charge on any atom is -0.392 e. The molecule has 2 aliphatic rings. The van der Waals surface area contributed by atoms with Crippen LogP contribution in [0.25, 0.3) is 0 Å². The first-order valence-electron chi connectivity index (χ1n) is 25.1. The molecule has 1 saturated heterocycles. The Labute approximate surface area is 413 Å². The number of rotatable bonds is 23. The molecule has 70 heavy (non-hydrogen) atoms. The number of carbonyl (C=O) groups is 2. The number of halogens is 2. The Morgan fingerprint density at radius 1 is 0.843 bits per heavy atom. The fraction of sp³-hybridized carbons (Fsp3) is 0.439. The molecular weight excluding hydrogens is 907 g/mol. The Bertz CT molecular complexity index is 2650. The molecule has 13 heteroatoms. The van der Waals surface area contributed by atoms with Gasteiger partial charge in [-0.3, -0.25) is 9.59 Å². The molecule has 5 aromatic carbocycles. The van der Waals surface area contributed by atoms with Crippen LogP contribution in [0.4, 0.5) is 25.8 Å². The Hall–Kier alpha value is -5.47. The second kappa shape index (κ2) is 23.6. The number of β-lactam (4-membered cyclic amide) rings is 1. The third-order valence-electron chi connectivity index (χ3n) is 14.6. The first-order valence-corrected chi connectivity index (χ1v) is 26.7. The molecular formula is C57H70F2N4O6S. The van der Waals surface area contributed by atoms with E-state index < -0.39 is 33.4 Å². The van der Waals surface area contributed by atoms with Crippen molar-refractivity contribution in [3.8, 4) is 0 Å². The molecule has 5 aromatic rings. The van der Waals surface area contributed by atoms with Gasteiger partial charge in [-0.25, -0.2) is 17.2 Å². The third kappa shape index (κ3) is 12.3. The molecule has 0 aliphatic carbocycles. The normalized spacial score (nSPS) is 21.1. The van der Waals surface area contributed by atoms with Crippen molar-refractivity contribution in [3.63, 3.8) is 0 Å². The van der Waals surface area contributed by atoms with E-state index in [1.165, 1.54) is 24.3 Å². The molecule has 0 bridgehead atoms. The van der Waals surface area contributed by atoms with Crippen LogP contribution in [0.1, 0.15) is 137 Å². The van der Waals surface area contributed by atoms with E-state index in [0.717, 1.165) is 73.9 Å². The molecule has 0 radical (unpaired) electrons. The van der Waals surface area contributed by atoms with Crippen LogP contribution in [0.5, 0.6) is 0 Å². The van der Waals surface area contributed by atoms with Gasteiger partial charge < -0.3 is 30.6 Å². The van der Waals surface area contributed by atoms with E-state index in [9.17, 15) is 37.0 Å². The largest absolute Gasteiger partial charge is 0.392 e. The second-order valence-corrected chi connectivity index (χ2v) is 21.6. The Kier molecular flexibility index (Phi) is 17.7. The number of hydrogen-bond donors (Lipinski definition) is 4. The minimum absolute atomic E-state index is 0.0830. The van der Waals surface area contributed by atoms with Crippen LogP contribution in [0.2, 0.25) is 0 Å². The third-order valence-corrected chi connectivity index (χ3v) is 16.6. The Morgan fingerprint density at radius 3 is 2.21 bits per heavy atom. The summed E-state index contributed by atoms with van der Waals surface area (Å²) in [6.07, 6.45) is 6.87. The van der Waals surface area contributed by atoms with Crippen molar-refractivity contribution in [2.45, 2.75) is 127 Å². The summed E-state index contributed by atoms with van der Waals surface area (Å²) < 4.78 is 55.4. The number of fused-ring (bicyclic) bond motifs is 1. The van der Waals surface area contributed by atoms with Gasteiger partial charge >= 0.3 is 0 Å². The van der Waals surface area contributed by atoms with E-state index in [4.69, 9.17) is 0 Å². The number of nitrogens with zero attached hydrogens (tertiary/aromatic N) is 2. The lowest BCUT2D eigenvalue weighted by Crippen LogP contribution is -2.55. The molecule has 1 fully saturated rings. The minimum atomic E-state index is -3.71. The van der Waals surface area contributed by atoms with Crippen LogP contribution >= 0.6 is 0 Å². The summed E-state index contributed by atoms with van der Waals surface area (Å²) in [5.41, 5.74) is 5.26. The number of nitrogens with one attached hydrogen (secondary N) is 2. The van der Waals surface area contributed by atoms with Gasteiger partial charge in [0.05, 0.1) is 34.8 Å². The van der Waals surface area contributed by atoms with Gasteiger partial charge in [-0.1, -0.05) is 94.5 Å². The lowest BCUT2D eigenvalue weighted by molar-refractivity contribution is -0.131. The van der Waals surface area contributed by atoms with Gasteiger partial charge in [-0.05, 0) is 140 Å². The van der Waals surface area contributed by atoms with Crippen LogP contribution in [-0.4, -0.2) is 62.9 Å².